The average molecular weight is 288 g/mol. The Balaban J connectivity index is 1.66. The summed E-state index contributed by atoms with van der Waals surface area (Å²) in [6.45, 7) is 4.69. The first-order chi connectivity index (χ1) is 10.3. The van der Waals surface area contributed by atoms with Gasteiger partial charge in [0.2, 0.25) is 0 Å². The number of hydrogen-bond donors (Lipinski definition) is 0. The van der Waals surface area contributed by atoms with Gasteiger partial charge in [-0.05, 0) is 24.6 Å². The van der Waals surface area contributed by atoms with E-state index in [1.54, 1.807) is 9.13 Å². The van der Waals surface area contributed by atoms with Crippen molar-refractivity contribution < 1.29 is 9.47 Å². The lowest BCUT2D eigenvalue weighted by atomic mass is 10.2. The first kappa shape index (κ1) is 13.9. The molecular formula is C16H20N2O3. The monoisotopic (exact) mass is 288 g/mol. The predicted octanol–water partition coefficient (Wildman–Crippen LogP) is 1.89. The zero-order valence-corrected chi connectivity index (χ0v) is 12.2. The van der Waals surface area contributed by atoms with E-state index in [1.807, 2.05) is 43.6 Å². The molecule has 1 fully saturated rings. The summed E-state index contributed by atoms with van der Waals surface area (Å²) in [6.07, 6.45) is 4.75. The molecule has 1 saturated heterocycles. The largest absolute Gasteiger partial charge is 0.488 e. The lowest BCUT2D eigenvalue weighted by molar-refractivity contribution is 0.141. The number of aryl methyl sites for hydroxylation is 1. The molecule has 0 aliphatic carbocycles. The van der Waals surface area contributed by atoms with E-state index < -0.39 is 0 Å². The molecule has 3 rings (SSSR count). The molecule has 0 bridgehead atoms. The van der Waals surface area contributed by atoms with Gasteiger partial charge in [0.1, 0.15) is 11.9 Å². The van der Waals surface area contributed by atoms with E-state index in [-0.39, 0.29) is 11.8 Å². The van der Waals surface area contributed by atoms with Gasteiger partial charge < -0.3 is 9.47 Å². The first-order valence-electron chi connectivity index (χ1n) is 7.35. The second-order valence-corrected chi connectivity index (χ2v) is 5.24. The first-order valence-corrected chi connectivity index (χ1v) is 7.35. The zero-order chi connectivity index (χ0) is 14.7. The van der Waals surface area contributed by atoms with Crippen LogP contribution in [-0.2, 0) is 17.8 Å². The Bertz CT molecular complexity index is 636. The molecule has 0 amide bonds. The Labute approximate surface area is 123 Å². The Morgan fingerprint density at radius 1 is 1.24 bits per heavy atom. The van der Waals surface area contributed by atoms with E-state index in [0.717, 1.165) is 24.3 Å². The van der Waals surface area contributed by atoms with Crippen molar-refractivity contribution in [3.8, 4) is 5.75 Å². The zero-order valence-electron chi connectivity index (χ0n) is 12.2. The lowest BCUT2D eigenvalue weighted by Gasteiger charge is -2.12. The molecule has 0 spiro atoms. The summed E-state index contributed by atoms with van der Waals surface area (Å²) in [6, 6.07) is 7.91. The van der Waals surface area contributed by atoms with Crippen molar-refractivity contribution in [1.82, 2.24) is 9.13 Å². The van der Waals surface area contributed by atoms with Gasteiger partial charge in [-0.1, -0.05) is 12.1 Å². The molecule has 1 aromatic heterocycles. The fourth-order valence-corrected chi connectivity index (χ4v) is 2.48. The Morgan fingerprint density at radius 3 is 2.62 bits per heavy atom. The molecule has 2 aromatic rings. The van der Waals surface area contributed by atoms with Crippen LogP contribution in [0.5, 0.6) is 5.75 Å². The van der Waals surface area contributed by atoms with E-state index >= 15 is 0 Å². The molecule has 2 heterocycles. The van der Waals surface area contributed by atoms with Gasteiger partial charge in [-0.2, -0.15) is 0 Å². The van der Waals surface area contributed by atoms with Crippen LogP contribution in [0.3, 0.4) is 0 Å². The van der Waals surface area contributed by atoms with Crippen LogP contribution in [0.25, 0.3) is 0 Å². The highest BCUT2D eigenvalue weighted by Crippen LogP contribution is 2.17. The van der Waals surface area contributed by atoms with Crippen molar-refractivity contribution in [3.05, 3.63) is 52.7 Å². The average Bonchev–Trinajstić information content (AvgIpc) is 3.12. The van der Waals surface area contributed by atoms with Crippen molar-refractivity contribution in [2.75, 3.05) is 13.2 Å². The third-order valence-corrected chi connectivity index (χ3v) is 3.73. The number of rotatable bonds is 5. The van der Waals surface area contributed by atoms with Gasteiger partial charge in [0.15, 0.2) is 0 Å². The molecular weight excluding hydrogens is 268 g/mol. The number of hydrogen-bond acceptors (Lipinski definition) is 3. The second kappa shape index (κ2) is 6.18. The fourth-order valence-electron chi connectivity index (χ4n) is 2.48. The number of benzene rings is 1. The van der Waals surface area contributed by atoms with Crippen LogP contribution in [-0.4, -0.2) is 28.5 Å². The number of nitrogens with zero attached hydrogens (tertiary/aromatic N) is 2. The van der Waals surface area contributed by atoms with Crippen molar-refractivity contribution in [3.63, 3.8) is 0 Å². The van der Waals surface area contributed by atoms with Crippen LogP contribution >= 0.6 is 0 Å². The van der Waals surface area contributed by atoms with E-state index in [1.165, 1.54) is 0 Å². The minimum Gasteiger partial charge on any atom is -0.488 e. The summed E-state index contributed by atoms with van der Waals surface area (Å²) in [5.74, 6) is 0.854. The maximum Gasteiger partial charge on any atom is 0.328 e. The number of aromatic nitrogens is 2. The minimum atomic E-state index is 0.0286. The van der Waals surface area contributed by atoms with Crippen molar-refractivity contribution in [1.29, 1.82) is 0 Å². The van der Waals surface area contributed by atoms with Crippen LogP contribution in [0.1, 0.15) is 18.9 Å². The fraction of sp³-hybridized carbons (Fsp3) is 0.438. The molecule has 1 aliphatic rings. The molecule has 0 saturated carbocycles. The van der Waals surface area contributed by atoms with Gasteiger partial charge in [-0.15, -0.1) is 0 Å². The van der Waals surface area contributed by atoms with Gasteiger partial charge >= 0.3 is 5.69 Å². The predicted molar refractivity (Wildman–Crippen MR) is 79.8 cm³/mol. The molecule has 1 atom stereocenters. The van der Waals surface area contributed by atoms with Gasteiger partial charge in [0, 0.05) is 25.4 Å². The summed E-state index contributed by atoms with van der Waals surface area (Å²) in [4.78, 5) is 12.0. The summed E-state index contributed by atoms with van der Waals surface area (Å²) in [5.41, 5.74) is 1.11. The highest BCUT2D eigenvalue weighted by molar-refractivity contribution is 5.27. The second-order valence-electron chi connectivity index (χ2n) is 5.24. The maximum atomic E-state index is 12.0. The van der Waals surface area contributed by atoms with E-state index in [0.29, 0.717) is 19.7 Å². The Hall–Kier alpha value is -2.01. The van der Waals surface area contributed by atoms with Crippen LogP contribution in [0.2, 0.25) is 0 Å². The molecule has 1 aromatic carbocycles. The standard InChI is InChI=1S/C16H20N2O3/c1-2-17-8-9-18(16(17)19)11-13-3-5-14(6-4-13)21-15-7-10-20-12-15/h3-6,8-9,15H,2,7,10-12H2,1H3. The summed E-state index contributed by atoms with van der Waals surface area (Å²) >= 11 is 0. The Kier molecular flexibility index (Phi) is 4.10. The lowest BCUT2D eigenvalue weighted by Crippen LogP contribution is -2.23. The quantitative estimate of drug-likeness (QED) is 0.844. The van der Waals surface area contributed by atoms with Crippen LogP contribution in [0, 0.1) is 0 Å². The molecule has 21 heavy (non-hydrogen) atoms. The molecule has 0 N–H and O–H groups in total. The number of imidazole rings is 1. The van der Waals surface area contributed by atoms with Gasteiger partial charge in [-0.25, -0.2) is 4.79 Å². The van der Waals surface area contributed by atoms with E-state index in [9.17, 15) is 4.79 Å². The van der Waals surface area contributed by atoms with Crippen LogP contribution in [0.15, 0.2) is 41.5 Å². The maximum absolute atomic E-state index is 12.0. The Morgan fingerprint density at radius 2 is 2.00 bits per heavy atom. The highest BCUT2D eigenvalue weighted by atomic mass is 16.5. The topological polar surface area (TPSA) is 45.4 Å². The normalized spacial score (nSPS) is 18.0. The van der Waals surface area contributed by atoms with Gasteiger partial charge in [-0.3, -0.25) is 9.13 Å². The summed E-state index contributed by atoms with van der Waals surface area (Å²) in [5, 5.41) is 0. The summed E-state index contributed by atoms with van der Waals surface area (Å²) in [7, 11) is 0. The molecule has 5 nitrogen and oxygen atoms in total. The molecule has 112 valence electrons. The highest BCUT2D eigenvalue weighted by Gasteiger charge is 2.16. The third-order valence-electron chi connectivity index (χ3n) is 3.73. The smallest absolute Gasteiger partial charge is 0.328 e. The van der Waals surface area contributed by atoms with Crippen molar-refractivity contribution >= 4 is 0 Å². The summed E-state index contributed by atoms with van der Waals surface area (Å²) < 4.78 is 14.5. The van der Waals surface area contributed by atoms with Crippen molar-refractivity contribution in [2.45, 2.75) is 32.5 Å². The third kappa shape index (κ3) is 3.19. The SMILES string of the molecule is CCn1ccn(Cc2ccc(OC3CCOC3)cc2)c1=O. The molecule has 1 unspecified atom stereocenters. The van der Waals surface area contributed by atoms with E-state index in [2.05, 4.69) is 0 Å². The molecule has 1 aliphatic heterocycles. The molecule has 5 heteroatoms. The van der Waals surface area contributed by atoms with Crippen LogP contribution < -0.4 is 10.4 Å². The number of ether oxygens (including phenoxy) is 2. The minimum absolute atomic E-state index is 0.0286. The van der Waals surface area contributed by atoms with Gasteiger partial charge in [0.05, 0.1) is 19.8 Å². The van der Waals surface area contributed by atoms with E-state index in [4.69, 9.17) is 9.47 Å². The molecule has 0 radical (unpaired) electrons. The van der Waals surface area contributed by atoms with Gasteiger partial charge in [0.25, 0.3) is 0 Å². The van der Waals surface area contributed by atoms with Crippen molar-refractivity contribution in [2.24, 2.45) is 0 Å². The van der Waals surface area contributed by atoms with Crippen LogP contribution in [0.4, 0.5) is 0 Å².